The van der Waals surface area contributed by atoms with Crippen LogP contribution in [0, 0.1) is 31.6 Å². The number of aromatic hydroxyl groups is 1. The van der Waals surface area contributed by atoms with E-state index in [0.29, 0.717) is 39.1 Å². The zero-order chi connectivity index (χ0) is 33.6. The number of alkyl halides is 3. The van der Waals surface area contributed by atoms with E-state index in [9.17, 15) is 29.1 Å². The molecule has 0 spiro atoms. The van der Waals surface area contributed by atoms with Gasteiger partial charge in [-0.25, -0.2) is 0 Å². The van der Waals surface area contributed by atoms with Gasteiger partial charge in [-0.15, -0.1) is 23.2 Å². The van der Waals surface area contributed by atoms with Crippen LogP contribution in [-0.4, -0.2) is 54.6 Å². The monoisotopic (exact) mass is 734 g/mol. The topological polar surface area (TPSA) is 112 Å². The van der Waals surface area contributed by atoms with Gasteiger partial charge in [0.05, 0.1) is 23.0 Å². The van der Waals surface area contributed by atoms with Crippen molar-refractivity contribution in [2.45, 2.75) is 42.4 Å². The molecule has 3 aromatic rings. The summed E-state index contributed by atoms with van der Waals surface area (Å²) in [6.45, 7) is 3.46. The zero-order valence-electron chi connectivity index (χ0n) is 25.4. The Hall–Kier alpha value is -3.79. The first-order valence-corrected chi connectivity index (χ1v) is 17.1. The van der Waals surface area contributed by atoms with Crippen molar-refractivity contribution in [2.75, 3.05) is 10.4 Å². The predicted octanol–water partition coefficient (Wildman–Crippen LogP) is 6.16. The molecular formula is C36H29BrCl2N2O6. The van der Waals surface area contributed by atoms with E-state index >= 15 is 0 Å². The van der Waals surface area contributed by atoms with E-state index in [1.54, 1.807) is 74.5 Å². The lowest BCUT2D eigenvalue weighted by atomic mass is 9.56. The van der Waals surface area contributed by atoms with Gasteiger partial charge in [0.2, 0.25) is 11.8 Å². The van der Waals surface area contributed by atoms with Gasteiger partial charge in [-0.2, -0.15) is 0 Å². The fourth-order valence-electron chi connectivity index (χ4n) is 8.06. The number of halogens is 3. The number of likely N-dealkylation sites (tertiary alicyclic amines) is 1. The molecule has 11 heteroatoms. The molecule has 7 rings (SSSR count). The van der Waals surface area contributed by atoms with Crippen LogP contribution in [0.25, 0.3) is 0 Å². The third kappa shape index (κ3) is 4.35. The van der Waals surface area contributed by atoms with Gasteiger partial charge in [-0.3, -0.25) is 33.8 Å². The number of carbonyl (C=O) groups is 5. The molecular weight excluding hydrogens is 707 g/mol. The van der Waals surface area contributed by atoms with Gasteiger partial charge in [0.25, 0.3) is 11.8 Å². The van der Waals surface area contributed by atoms with Crippen molar-refractivity contribution in [3.8, 4) is 5.75 Å². The number of rotatable bonds is 5. The van der Waals surface area contributed by atoms with Crippen molar-refractivity contribution < 1.29 is 29.1 Å². The molecule has 2 aliphatic heterocycles. The van der Waals surface area contributed by atoms with Gasteiger partial charge >= 0.3 is 0 Å². The fourth-order valence-corrected chi connectivity index (χ4v) is 9.48. The second kappa shape index (κ2) is 11.1. The first kappa shape index (κ1) is 31.8. The summed E-state index contributed by atoms with van der Waals surface area (Å²) in [5.74, 6) is -5.38. The molecule has 8 nitrogen and oxygen atoms in total. The molecule has 3 fully saturated rings. The Morgan fingerprint density at radius 3 is 2.13 bits per heavy atom. The molecule has 1 saturated carbocycles. The van der Waals surface area contributed by atoms with Crippen molar-refractivity contribution in [1.29, 1.82) is 0 Å². The van der Waals surface area contributed by atoms with Crippen LogP contribution in [0.4, 0.5) is 5.69 Å². The molecule has 3 aromatic carbocycles. The standard InChI is InChI=1S/C36H29BrCl2N2O6/c1-18-14-22(15-19(2)29(18)42)28-24-12-13-25-27(26(24)16-35(38)33(46)40(17-37)34(47)36(28,35)39)32(45)41(31(25)44)23-10-8-21(9-11-23)30(43)20-6-4-3-5-7-20/h3-12,14-15,25-28,42H,13,16-17H2,1-2H3/t25-,26+,27-,28-,35+,36-/m0/s1. The van der Waals surface area contributed by atoms with Crippen LogP contribution >= 0.6 is 39.1 Å². The van der Waals surface area contributed by atoms with Crippen molar-refractivity contribution in [3.05, 3.63) is 106 Å². The first-order chi connectivity index (χ1) is 22.3. The summed E-state index contributed by atoms with van der Waals surface area (Å²) in [6.07, 6.45) is 1.98. The molecule has 1 N–H and O–H groups in total. The van der Waals surface area contributed by atoms with E-state index in [0.717, 1.165) is 9.80 Å². The highest BCUT2D eigenvalue weighted by Gasteiger charge is 2.76. The number of imide groups is 2. The van der Waals surface area contributed by atoms with Crippen LogP contribution in [-0.2, 0) is 19.2 Å². The highest BCUT2D eigenvalue weighted by Crippen LogP contribution is 2.65. The van der Waals surface area contributed by atoms with Gasteiger partial charge in [0, 0.05) is 17.0 Å². The molecule has 0 aromatic heterocycles. The number of ketones is 1. The van der Waals surface area contributed by atoms with Crippen molar-refractivity contribution >= 4 is 74.2 Å². The maximum absolute atomic E-state index is 14.3. The highest BCUT2D eigenvalue weighted by atomic mass is 79.9. The Bertz CT molecular complexity index is 1910. The van der Waals surface area contributed by atoms with Crippen LogP contribution in [0.5, 0.6) is 5.75 Å². The average Bonchev–Trinajstić information content (AvgIpc) is 3.40. The Labute approximate surface area is 289 Å². The van der Waals surface area contributed by atoms with Gasteiger partial charge in [0.1, 0.15) is 5.75 Å². The van der Waals surface area contributed by atoms with Crippen LogP contribution in [0.3, 0.4) is 0 Å². The smallest absolute Gasteiger partial charge is 0.254 e. The Morgan fingerprint density at radius 1 is 0.894 bits per heavy atom. The van der Waals surface area contributed by atoms with E-state index in [2.05, 4.69) is 15.9 Å². The fraction of sp³-hybridized carbons (Fsp3) is 0.306. The van der Waals surface area contributed by atoms with Crippen LogP contribution in [0.2, 0.25) is 0 Å². The number of allylic oxidation sites excluding steroid dienone is 2. The minimum absolute atomic E-state index is 0.0964. The van der Waals surface area contributed by atoms with Gasteiger partial charge in [0.15, 0.2) is 15.5 Å². The van der Waals surface area contributed by atoms with Crippen molar-refractivity contribution in [1.82, 2.24) is 4.90 Å². The van der Waals surface area contributed by atoms with E-state index in [1.807, 2.05) is 12.1 Å². The number of hydrogen-bond acceptors (Lipinski definition) is 6. The quantitative estimate of drug-likeness (QED) is 0.111. The SMILES string of the molecule is Cc1cc([C@H]2C3=CC[C@@H]4C(=O)N(c5ccc(C(=O)c6ccccc6)cc5)C(=O)[C@@H]4[C@@H]3C[C@@]3(Cl)C(=O)N(CBr)C(=O)[C@@]23Cl)cc(C)c1O. The molecule has 47 heavy (non-hydrogen) atoms. The number of phenolic OH excluding ortho intramolecular Hbond substituents is 1. The second-order valence-electron chi connectivity index (χ2n) is 12.7. The number of phenols is 1. The summed E-state index contributed by atoms with van der Waals surface area (Å²) >= 11 is 17.8. The lowest BCUT2D eigenvalue weighted by molar-refractivity contribution is -0.138. The summed E-state index contributed by atoms with van der Waals surface area (Å²) < 4.78 is 0. The molecule has 0 bridgehead atoms. The normalized spacial score (nSPS) is 29.9. The summed E-state index contributed by atoms with van der Waals surface area (Å²) in [5.41, 5.74) is 3.52. The molecule has 0 unspecified atom stereocenters. The summed E-state index contributed by atoms with van der Waals surface area (Å²) in [6, 6.07) is 18.6. The van der Waals surface area contributed by atoms with E-state index in [-0.39, 0.29) is 35.7 Å². The average molecular weight is 736 g/mol. The second-order valence-corrected chi connectivity index (χ2v) is 14.5. The third-order valence-electron chi connectivity index (χ3n) is 10.3. The Kier molecular flexibility index (Phi) is 7.54. The van der Waals surface area contributed by atoms with Crippen LogP contribution < -0.4 is 4.90 Å². The molecule has 4 aliphatic rings. The lowest BCUT2D eigenvalue weighted by Gasteiger charge is -2.51. The van der Waals surface area contributed by atoms with Gasteiger partial charge < -0.3 is 5.11 Å². The maximum atomic E-state index is 14.3. The van der Waals surface area contributed by atoms with Crippen LogP contribution in [0.15, 0.2) is 78.4 Å². The Morgan fingerprint density at radius 2 is 1.51 bits per heavy atom. The highest BCUT2D eigenvalue weighted by molar-refractivity contribution is 9.09. The number of aryl methyl sites for hydroxylation is 2. The Balaban J connectivity index is 1.30. The first-order valence-electron chi connectivity index (χ1n) is 15.2. The number of anilines is 1. The van der Waals surface area contributed by atoms with E-state index < -0.39 is 51.1 Å². The number of benzene rings is 3. The van der Waals surface area contributed by atoms with Crippen molar-refractivity contribution in [2.24, 2.45) is 17.8 Å². The maximum Gasteiger partial charge on any atom is 0.254 e. The molecule has 2 aliphatic carbocycles. The number of hydrogen-bond donors (Lipinski definition) is 1. The largest absolute Gasteiger partial charge is 0.507 e. The summed E-state index contributed by atoms with van der Waals surface area (Å²) in [7, 11) is 0. The number of fused-ring (bicyclic) bond motifs is 4. The van der Waals surface area contributed by atoms with E-state index in [1.165, 1.54) is 0 Å². The minimum Gasteiger partial charge on any atom is -0.507 e. The molecule has 4 amide bonds. The van der Waals surface area contributed by atoms with Gasteiger partial charge in [-0.1, -0.05) is 70.0 Å². The number of nitrogens with zero attached hydrogens (tertiary/aromatic N) is 2. The minimum atomic E-state index is -1.92. The van der Waals surface area contributed by atoms with E-state index in [4.69, 9.17) is 23.2 Å². The lowest BCUT2D eigenvalue weighted by Crippen LogP contribution is -2.60. The molecule has 6 atom stereocenters. The molecule has 0 radical (unpaired) electrons. The third-order valence-corrected chi connectivity index (χ3v) is 12.2. The number of carbonyl (C=O) groups excluding carboxylic acids is 5. The van der Waals surface area contributed by atoms with Crippen molar-refractivity contribution in [3.63, 3.8) is 0 Å². The zero-order valence-corrected chi connectivity index (χ0v) is 28.5. The van der Waals surface area contributed by atoms with Gasteiger partial charge in [-0.05, 0) is 73.6 Å². The molecule has 2 heterocycles. The summed E-state index contributed by atoms with van der Waals surface area (Å²) in [5, 5.41) is 10.6. The molecule has 240 valence electrons. The number of amides is 4. The molecule has 2 saturated heterocycles. The van der Waals surface area contributed by atoms with Crippen LogP contribution in [0.1, 0.15) is 51.4 Å². The summed E-state index contributed by atoms with van der Waals surface area (Å²) in [4.78, 5) is 67.4. The predicted molar refractivity (Wildman–Crippen MR) is 180 cm³/mol.